The predicted octanol–water partition coefficient (Wildman–Crippen LogP) is 2.60. The van der Waals surface area contributed by atoms with Gasteiger partial charge in [-0.25, -0.2) is 4.98 Å². The summed E-state index contributed by atoms with van der Waals surface area (Å²) in [6.07, 6.45) is 0.836. The molecule has 0 aliphatic carbocycles. The lowest BCUT2D eigenvalue weighted by molar-refractivity contribution is -0.140. The summed E-state index contributed by atoms with van der Waals surface area (Å²) in [5, 5.41) is 14.5. The van der Waals surface area contributed by atoms with E-state index in [4.69, 9.17) is 0 Å². The molecule has 0 radical (unpaired) electrons. The zero-order valence-corrected chi connectivity index (χ0v) is 13.1. The Morgan fingerprint density at radius 3 is 2.85 bits per heavy atom. The first-order valence-electron chi connectivity index (χ1n) is 6.83. The van der Waals surface area contributed by atoms with Crippen LogP contribution in [0.15, 0.2) is 5.38 Å². The summed E-state index contributed by atoms with van der Waals surface area (Å²) >= 11 is 1.61. The first-order valence-corrected chi connectivity index (χ1v) is 7.71. The van der Waals surface area contributed by atoms with Crippen LogP contribution in [-0.2, 0) is 11.3 Å². The lowest BCUT2D eigenvalue weighted by Gasteiger charge is -2.20. The molecule has 0 fully saturated rings. The molecule has 2 aromatic rings. The van der Waals surface area contributed by atoms with E-state index in [0.717, 1.165) is 28.5 Å². The van der Waals surface area contributed by atoms with Gasteiger partial charge in [0.25, 0.3) is 0 Å². The Morgan fingerprint density at radius 2 is 2.25 bits per heavy atom. The molecule has 5 nitrogen and oxygen atoms in total. The molecule has 0 aliphatic heterocycles. The molecule has 2 heterocycles. The van der Waals surface area contributed by atoms with Crippen molar-refractivity contribution in [3.63, 3.8) is 0 Å². The van der Waals surface area contributed by atoms with E-state index >= 15 is 0 Å². The third-order valence-corrected chi connectivity index (χ3v) is 4.74. The van der Waals surface area contributed by atoms with Crippen LogP contribution in [0.4, 0.5) is 0 Å². The number of rotatable bonds is 6. The van der Waals surface area contributed by atoms with E-state index in [1.54, 1.807) is 11.3 Å². The molecule has 2 aromatic heterocycles. The average molecular weight is 295 g/mol. The average Bonchev–Trinajstić information content (AvgIpc) is 2.89. The second-order valence-corrected chi connectivity index (χ2v) is 6.06. The number of carbonyl (C=O) groups is 1. The minimum absolute atomic E-state index is 0.0970. The lowest BCUT2D eigenvalue weighted by Crippen LogP contribution is -2.41. The summed E-state index contributed by atoms with van der Waals surface area (Å²) < 4.78 is 2.10. The van der Waals surface area contributed by atoms with Crippen LogP contribution in [0.1, 0.15) is 37.4 Å². The van der Waals surface area contributed by atoms with Gasteiger partial charge in [0.2, 0.25) is 0 Å². The van der Waals surface area contributed by atoms with Crippen molar-refractivity contribution in [3.05, 3.63) is 22.5 Å². The maximum Gasteiger partial charge on any atom is 0.320 e. The molecule has 2 rings (SSSR count). The number of hydrogen-bond acceptors (Lipinski definition) is 4. The fraction of sp³-hybridized carbons (Fsp3) is 0.571. The molecular weight excluding hydrogens is 274 g/mol. The van der Waals surface area contributed by atoms with E-state index in [-0.39, 0.29) is 5.92 Å². The Bertz CT molecular complexity index is 617. The van der Waals surface area contributed by atoms with E-state index in [9.17, 15) is 9.90 Å². The van der Waals surface area contributed by atoms with Crippen LogP contribution in [0.25, 0.3) is 4.96 Å². The zero-order valence-electron chi connectivity index (χ0n) is 12.3. The van der Waals surface area contributed by atoms with Crippen LogP contribution in [0, 0.1) is 19.8 Å². The molecule has 0 aromatic carbocycles. The van der Waals surface area contributed by atoms with Crippen LogP contribution in [0.3, 0.4) is 0 Å². The van der Waals surface area contributed by atoms with Crippen molar-refractivity contribution >= 4 is 22.3 Å². The second-order valence-electron chi connectivity index (χ2n) is 5.22. The molecule has 2 unspecified atom stereocenters. The summed E-state index contributed by atoms with van der Waals surface area (Å²) in [5.41, 5.74) is 3.15. The zero-order chi connectivity index (χ0) is 14.9. The standard InChI is InChI=1S/C14H21N3O2S/c1-5-8(2)12(13(18)19)15-6-11-10(4)16-14-17(11)9(3)7-20-14/h7-8,12,15H,5-6H2,1-4H3,(H,18,19). The quantitative estimate of drug-likeness (QED) is 0.859. The highest BCUT2D eigenvalue weighted by Gasteiger charge is 2.23. The van der Waals surface area contributed by atoms with E-state index in [2.05, 4.69) is 20.1 Å². The van der Waals surface area contributed by atoms with E-state index in [0.29, 0.717) is 6.54 Å². The predicted molar refractivity (Wildman–Crippen MR) is 80.3 cm³/mol. The highest BCUT2D eigenvalue weighted by atomic mass is 32.1. The summed E-state index contributed by atoms with van der Waals surface area (Å²) in [4.78, 5) is 16.8. The number of nitrogens with zero attached hydrogens (tertiary/aromatic N) is 2. The van der Waals surface area contributed by atoms with Gasteiger partial charge < -0.3 is 5.11 Å². The topological polar surface area (TPSA) is 66.6 Å². The van der Waals surface area contributed by atoms with E-state index in [1.807, 2.05) is 27.7 Å². The molecule has 6 heteroatoms. The van der Waals surface area contributed by atoms with Crippen molar-refractivity contribution in [1.82, 2.24) is 14.7 Å². The van der Waals surface area contributed by atoms with Gasteiger partial charge in [-0.3, -0.25) is 14.5 Å². The minimum atomic E-state index is -0.792. The normalized spacial score (nSPS) is 14.6. The van der Waals surface area contributed by atoms with Gasteiger partial charge in [0, 0.05) is 17.6 Å². The first-order chi connectivity index (χ1) is 9.45. The smallest absolute Gasteiger partial charge is 0.320 e. The number of fused-ring (bicyclic) bond motifs is 1. The van der Waals surface area contributed by atoms with Gasteiger partial charge in [-0.15, -0.1) is 11.3 Å². The molecule has 0 aliphatic rings. The molecule has 2 N–H and O–H groups in total. The fourth-order valence-corrected chi connectivity index (χ4v) is 3.28. The van der Waals surface area contributed by atoms with Gasteiger partial charge in [-0.05, 0) is 19.8 Å². The van der Waals surface area contributed by atoms with Crippen LogP contribution < -0.4 is 5.32 Å². The van der Waals surface area contributed by atoms with Crippen molar-refractivity contribution in [2.75, 3.05) is 0 Å². The number of carboxylic acids is 1. The molecule has 0 amide bonds. The molecule has 0 spiro atoms. The van der Waals surface area contributed by atoms with Crippen molar-refractivity contribution in [2.45, 2.75) is 46.7 Å². The number of aromatic nitrogens is 2. The van der Waals surface area contributed by atoms with Crippen LogP contribution in [0.2, 0.25) is 0 Å². The minimum Gasteiger partial charge on any atom is -0.480 e. The number of nitrogens with one attached hydrogen (secondary N) is 1. The summed E-state index contributed by atoms with van der Waals surface area (Å²) in [7, 11) is 0. The third kappa shape index (κ3) is 2.71. The molecule has 20 heavy (non-hydrogen) atoms. The lowest BCUT2D eigenvalue weighted by atomic mass is 9.99. The largest absolute Gasteiger partial charge is 0.480 e. The number of hydrogen-bond donors (Lipinski definition) is 2. The fourth-order valence-electron chi connectivity index (χ4n) is 2.35. The second kappa shape index (κ2) is 5.93. The van der Waals surface area contributed by atoms with Crippen LogP contribution >= 0.6 is 11.3 Å². The van der Waals surface area contributed by atoms with Crippen molar-refractivity contribution in [1.29, 1.82) is 0 Å². The first kappa shape index (κ1) is 15.0. The summed E-state index contributed by atoms with van der Waals surface area (Å²) in [6.45, 7) is 8.49. The van der Waals surface area contributed by atoms with Crippen molar-refractivity contribution in [3.8, 4) is 0 Å². The summed E-state index contributed by atoms with van der Waals surface area (Å²) in [5.74, 6) is -0.695. The van der Waals surface area contributed by atoms with Crippen LogP contribution in [-0.4, -0.2) is 26.5 Å². The molecule has 2 atom stereocenters. The highest BCUT2D eigenvalue weighted by molar-refractivity contribution is 7.15. The Hall–Kier alpha value is -1.40. The van der Waals surface area contributed by atoms with E-state index < -0.39 is 12.0 Å². The molecule has 0 saturated carbocycles. The number of thiazole rings is 1. The van der Waals surface area contributed by atoms with Gasteiger partial charge >= 0.3 is 5.97 Å². The molecule has 0 bridgehead atoms. The van der Waals surface area contributed by atoms with Gasteiger partial charge in [-0.1, -0.05) is 20.3 Å². The van der Waals surface area contributed by atoms with Gasteiger partial charge in [0.05, 0.1) is 11.4 Å². The Kier molecular flexibility index (Phi) is 4.45. The maximum atomic E-state index is 11.3. The number of aliphatic carboxylic acids is 1. The van der Waals surface area contributed by atoms with E-state index in [1.165, 1.54) is 0 Å². The Labute approximate surface area is 122 Å². The van der Waals surface area contributed by atoms with Crippen molar-refractivity contribution in [2.24, 2.45) is 5.92 Å². The highest BCUT2D eigenvalue weighted by Crippen LogP contribution is 2.20. The van der Waals surface area contributed by atoms with Crippen molar-refractivity contribution < 1.29 is 9.90 Å². The monoisotopic (exact) mass is 295 g/mol. The number of imidazole rings is 1. The number of carboxylic acid groups (broad SMARTS) is 1. The summed E-state index contributed by atoms with van der Waals surface area (Å²) in [6, 6.07) is -0.524. The van der Waals surface area contributed by atoms with Gasteiger partial charge in [0.1, 0.15) is 6.04 Å². The van der Waals surface area contributed by atoms with Crippen LogP contribution in [0.5, 0.6) is 0 Å². The van der Waals surface area contributed by atoms with Gasteiger partial charge in [0.15, 0.2) is 4.96 Å². The molecular formula is C14H21N3O2S. The Morgan fingerprint density at radius 1 is 1.55 bits per heavy atom. The van der Waals surface area contributed by atoms with Gasteiger partial charge in [-0.2, -0.15) is 0 Å². The Balaban J connectivity index is 2.21. The number of aryl methyl sites for hydroxylation is 2. The SMILES string of the molecule is CCC(C)C(NCc1c(C)nc2scc(C)n12)C(=O)O. The molecule has 0 saturated heterocycles. The third-order valence-electron chi connectivity index (χ3n) is 3.80. The molecule has 110 valence electrons. The maximum absolute atomic E-state index is 11.3.